The predicted molar refractivity (Wildman–Crippen MR) is 69.3 cm³/mol. The molecule has 0 aromatic rings. The lowest BCUT2D eigenvalue weighted by atomic mass is 9.69. The lowest BCUT2D eigenvalue weighted by molar-refractivity contribution is 0.114. The van der Waals surface area contributed by atoms with E-state index in [0.29, 0.717) is 17.9 Å². The minimum Gasteiger partial charge on any atom is -0.385 e. The summed E-state index contributed by atoms with van der Waals surface area (Å²) in [7, 11) is 1.78. The van der Waals surface area contributed by atoms with Crippen molar-refractivity contribution < 1.29 is 4.74 Å². The molecule has 0 aromatic carbocycles. The topological polar surface area (TPSA) is 35.2 Å². The van der Waals surface area contributed by atoms with E-state index in [0.717, 1.165) is 24.9 Å². The molecule has 2 nitrogen and oxygen atoms in total. The van der Waals surface area contributed by atoms with Crippen molar-refractivity contribution in [1.29, 1.82) is 0 Å². The Labute approximate surface area is 101 Å². The molecule has 0 radical (unpaired) electrons. The summed E-state index contributed by atoms with van der Waals surface area (Å²) in [6.45, 7) is 7.90. The summed E-state index contributed by atoms with van der Waals surface area (Å²) in [5.74, 6) is 3.10. The molecule has 0 amide bonds. The van der Waals surface area contributed by atoms with E-state index in [1.165, 1.54) is 19.3 Å². The molecule has 1 saturated carbocycles. The standard InChI is InChI=1S/C14H29NO/c1-10(2)12-5-6-14(15)13(9-12)11(3)7-8-16-4/h10-14H,5-9,15H2,1-4H3. The van der Waals surface area contributed by atoms with Gasteiger partial charge in [0.15, 0.2) is 0 Å². The quantitative estimate of drug-likeness (QED) is 0.783. The van der Waals surface area contributed by atoms with Crippen molar-refractivity contribution in [2.75, 3.05) is 13.7 Å². The first-order valence-corrected chi connectivity index (χ1v) is 6.80. The van der Waals surface area contributed by atoms with Gasteiger partial charge in [-0.25, -0.2) is 0 Å². The maximum atomic E-state index is 6.27. The van der Waals surface area contributed by atoms with Gasteiger partial charge in [0.2, 0.25) is 0 Å². The molecule has 2 heteroatoms. The molecule has 1 aliphatic rings. The number of hydrogen-bond donors (Lipinski definition) is 1. The van der Waals surface area contributed by atoms with E-state index in [1.807, 2.05) is 0 Å². The maximum Gasteiger partial charge on any atom is 0.0464 e. The van der Waals surface area contributed by atoms with Gasteiger partial charge in [-0.3, -0.25) is 0 Å². The molecule has 1 rings (SSSR count). The largest absolute Gasteiger partial charge is 0.385 e. The summed E-state index contributed by atoms with van der Waals surface area (Å²) in [5, 5.41) is 0. The Bertz CT molecular complexity index is 193. The van der Waals surface area contributed by atoms with Crippen LogP contribution < -0.4 is 5.73 Å². The highest BCUT2D eigenvalue weighted by atomic mass is 16.5. The third-order valence-corrected chi connectivity index (χ3v) is 4.45. The number of ether oxygens (including phenoxy) is 1. The summed E-state index contributed by atoms with van der Waals surface area (Å²) >= 11 is 0. The van der Waals surface area contributed by atoms with Crippen LogP contribution in [-0.4, -0.2) is 19.8 Å². The molecule has 0 saturated heterocycles. The highest BCUT2D eigenvalue weighted by Gasteiger charge is 2.32. The van der Waals surface area contributed by atoms with Crippen LogP contribution in [0.4, 0.5) is 0 Å². The van der Waals surface area contributed by atoms with Crippen LogP contribution in [0.3, 0.4) is 0 Å². The zero-order chi connectivity index (χ0) is 12.1. The van der Waals surface area contributed by atoms with E-state index in [1.54, 1.807) is 7.11 Å². The molecule has 0 heterocycles. The van der Waals surface area contributed by atoms with Gasteiger partial charge in [0.05, 0.1) is 0 Å². The summed E-state index contributed by atoms with van der Waals surface area (Å²) in [5.41, 5.74) is 6.27. The molecular weight excluding hydrogens is 198 g/mol. The Hall–Kier alpha value is -0.0800. The highest BCUT2D eigenvalue weighted by molar-refractivity contribution is 4.86. The highest BCUT2D eigenvalue weighted by Crippen LogP contribution is 2.37. The second kappa shape index (κ2) is 6.61. The van der Waals surface area contributed by atoms with Crippen molar-refractivity contribution in [2.45, 2.75) is 52.5 Å². The van der Waals surface area contributed by atoms with Crippen LogP contribution in [0.15, 0.2) is 0 Å². The lowest BCUT2D eigenvalue weighted by Crippen LogP contribution is -2.40. The Balaban J connectivity index is 2.48. The van der Waals surface area contributed by atoms with E-state index in [2.05, 4.69) is 20.8 Å². The SMILES string of the molecule is COCCC(C)C1CC(C(C)C)CCC1N. The first-order valence-electron chi connectivity index (χ1n) is 6.80. The van der Waals surface area contributed by atoms with E-state index in [9.17, 15) is 0 Å². The van der Waals surface area contributed by atoms with Crippen LogP contribution >= 0.6 is 0 Å². The van der Waals surface area contributed by atoms with Crippen LogP contribution in [0, 0.1) is 23.7 Å². The van der Waals surface area contributed by atoms with Crippen molar-refractivity contribution in [3.8, 4) is 0 Å². The Morgan fingerprint density at radius 1 is 1.25 bits per heavy atom. The van der Waals surface area contributed by atoms with Gasteiger partial charge < -0.3 is 10.5 Å². The van der Waals surface area contributed by atoms with Crippen molar-refractivity contribution in [3.05, 3.63) is 0 Å². The number of hydrogen-bond acceptors (Lipinski definition) is 2. The molecule has 16 heavy (non-hydrogen) atoms. The van der Waals surface area contributed by atoms with Crippen LogP contribution in [0.2, 0.25) is 0 Å². The van der Waals surface area contributed by atoms with Gasteiger partial charge in [0, 0.05) is 19.8 Å². The average Bonchev–Trinajstić information content (AvgIpc) is 2.26. The Morgan fingerprint density at radius 3 is 2.50 bits per heavy atom. The third-order valence-electron chi connectivity index (χ3n) is 4.45. The van der Waals surface area contributed by atoms with Crippen LogP contribution in [0.5, 0.6) is 0 Å². The molecule has 0 spiro atoms. The smallest absolute Gasteiger partial charge is 0.0464 e. The molecule has 4 atom stereocenters. The van der Waals surface area contributed by atoms with Crippen LogP contribution in [0.1, 0.15) is 46.5 Å². The molecule has 0 bridgehead atoms. The maximum absolute atomic E-state index is 6.27. The van der Waals surface area contributed by atoms with E-state index >= 15 is 0 Å². The minimum absolute atomic E-state index is 0.418. The number of nitrogens with two attached hydrogens (primary N) is 1. The van der Waals surface area contributed by atoms with Crippen molar-refractivity contribution in [2.24, 2.45) is 29.4 Å². The fourth-order valence-electron chi connectivity index (χ4n) is 3.04. The fourth-order valence-corrected chi connectivity index (χ4v) is 3.04. The molecular formula is C14H29NO. The fraction of sp³-hybridized carbons (Fsp3) is 1.00. The molecule has 0 aliphatic heterocycles. The van der Waals surface area contributed by atoms with Gasteiger partial charge in [0.25, 0.3) is 0 Å². The molecule has 2 N–H and O–H groups in total. The van der Waals surface area contributed by atoms with Gasteiger partial charge in [-0.15, -0.1) is 0 Å². The molecule has 1 aliphatic carbocycles. The lowest BCUT2D eigenvalue weighted by Gasteiger charge is -2.39. The Kier molecular flexibility index (Phi) is 5.77. The van der Waals surface area contributed by atoms with Crippen molar-refractivity contribution in [3.63, 3.8) is 0 Å². The molecule has 0 aromatic heterocycles. The zero-order valence-electron chi connectivity index (χ0n) is 11.4. The van der Waals surface area contributed by atoms with Gasteiger partial charge in [-0.05, 0) is 49.4 Å². The average molecular weight is 227 g/mol. The van der Waals surface area contributed by atoms with E-state index in [4.69, 9.17) is 10.5 Å². The van der Waals surface area contributed by atoms with Crippen molar-refractivity contribution >= 4 is 0 Å². The second-order valence-corrected chi connectivity index (χ2v) is 5.90. The number of rotatable bonds is 5. The first kappa shape index (κ1) is 14.0. The van der Waals surface area contributed by atoms with Crippen molar-refractivity contribution in [1.82, 2.24) is 0 Å². The third kappa shape index (κ3) is 3.74. The van der Waals surface area contributed by atoms with Crippen LogP contribution in [0.25, 0.3) is 0 Å². The monoisotopic (exact) mass is 227 g/mol. The van der Waals surface area contributed by atoms with Gasteiger partial charge in [0.1, 0.15) is 0 Å². The molecule has 96 valence electrons. The minimum atomic E-state index is 0.418. The van der Waals surface area contributed by atoms with Gasteiger partial charge >= 0.3 is 0 Å². The summed E-state index contributed by atoms with van der Waals surface area (Å²) in [6, 6.07) is 0.418. The van der Waals surface area contributed by atoms with Gasteiger partial charge in [-0.1, -0.05) is 20.8 Å². The number of methoxy groups -OCH3 is 1. The first-order chi connectivity index (χ1) is 7.56. The van der Waals surface area contributed by atoms with Crippen LogP contribution in [-0.2, 0) is 4.74 Å². The normalized spacial score (nSPS) is 33.0. The summed E-state index contributed by atoms with van der Waals surface area (Å²) in [4.78, 5) is 0. The Morgan fingerprint density at radius 2 is 1.94 bits per heavy atom. The van der Waals surface area contributed by atoms with E-state index < -0.39 is 0 Å². The molecule has 1 fully saturated rings. The predicted octanol–water partition coefficient (Wildman–Crippen LogP) is 3.06. The molecule has 4 unspecified atom stereocenters. The second-order valence-electron chi connectivity index (χ2n) is 5.90. The van der Waals surface area contributed by atoms with E-state index in [-0.39, 0.29) is 0 Å². The zero-order valence-corrected chi connectivity index (χ0v) is 11.4. The summed E-state index contributed by atoms with van der Waals surface area (Å²) < 4.78 is 5.17. The van der Waals surface area contributed by atoms with Gasteiger partial charge in [-0.2, -0.15) is 0 Å². The summed E-state index contributed by atoms with van der Waals surface area (Å²) in [6.07, 6.45) is 5.01.